The zero-order chi connectivity index (χ0) is 10.6. The zero-order valence-electron chi connectivity index (χ0n) is 9.62. The number of hydrogen-bond donors (Lipinski definition) is 0. The van der Waals surface area contributed by atoms with Crippen LogP contribution in [-0.4, -0.2) is 48.4 Å². The second-order valence-corrected chi connectivity index (χ2v) is 4.22. The molecule has 0 aromatic rings. The molecule has 0 unspecified atom stereocenters. The molecule has 14 heavy (non-hydrogen) atoms. The first-order valence-corrected chi connectivity index (χ1v) is 5.61. The van der Waals surface area contributed by atoms with Crippen molar-refractivity contribution in [3.8, 4) is 0 Å². The average molecular weight is 198 g/mol. The predicted octanol–water partition coefficient (Wildman–Crippen LogP) is 1.34. The fourth-order valence-electron chi connectivity index (χ4n) is 2.16. The first kappa shape index (κ1) is 11.5. The zero-order valence-corrected chi connectivity index (χ0v) is 9.62. The average Bonchev–Trinajstić information content (AvgIpc) is 2.18. The van der Waals surface area contributed by atoms with Gasteiger partial charge < -0.3 is 9.80 Å². The number of likely N-dealkylation sites (tertiary alicyclic amines) is 1. The summed E-state index contributed by atoms with van der Waals surface area (Å²) in [5.41, 5.74) is 0. The van der Waals surface area contributed by atoms with E-state index >= 15 is 0 Å². The molecule has 0 aromatic heterocycles. The minimum atomic E-state index is 0.224. The lowest BCUT2D eigenvalue weighted by molar-refractivity contribution is -0.130. The Morgan fingerprint density at radius 2 is 2.00 bits per heavy atom. The van der Waals surface area contributed by atoms with Crippen molar-refractivity contribution in [3.63, 3.8) is 0 Å². The summed E-state index contributed by atoms with van der Waals surface area (Å²) in [7, 11) is 2.19. The summed E-state index contributed by atoms with van der Waals surface area (Å²) in [6, 6.07) is 0.686. The quantitative estimate of drug-likeness (QED) is 0.683. The van der Waals surface area contributed by atoms with Gasteiger partial charge in [-0.15, -0.1) is 0 Å². The lowest BCUT2D eigenvalue weighted by Crippen LogP contribution is -2.45. The molecule has 1 fully saturated rings. The molecule has 0 saturated carbocycles. The van der Waals surface area contributed by atoms with Gasteiger partial charge in [-0.3, -0.25) is 4.79 Å². The second-order valence-electron chi connectivity index (χ2n) is 4.22. The summed E-state index contributed by atoms with van der Waals surface area (Å²) < 4.78 is 0. The third-order valence-electron chi connectivity index (χ3n) is 3.11. The van der Waals surface area contributed by atoms with Crippen LogP contribution in [0.1, 0.15) is 33.1 Å². The van der Waals surface area contributed by atoms with E-state index in [1.54, 1.807) is 6.92 Å². The summed E-state index contributed by atoms with van der Waals surface area (Å²) in [4.78, 5) is 15.5. The fourth-order valence-corrected chi connectivity index (χ4v) is 2.16. The monoisotopic (exact) mass is 198 g/mol. The topological polar surface area (TPSA) is 23.6 Å². The Kier molecular flexibility index (Phi) is 4.39. The molecule has 0 radical (unpaired) electrons. The predicted molar refractivity (Wildman–Crippen MR) is 58.2 cm³/mol. The second kappa shape index (κ2) is 5.35. The maximum absolute atomic E-state index is 11.1. The molecule has 82 valence electrons. The largest absolute Gasteiger partial charge is 0.343 e. The van der Waals surface area contributed by atoms with Gasteiger partial charge in [0.2, 0.25) is 5.91 Å². The summed E-state index contributed by atoms with van der Waals surface area (Å²) in [5, 5.41) is 0. The number of piperidine rings is 1. The van der Waals surface area contributed by atoms with Gasteiger partial charge >= 0.3 is 0 Å². The molecule has 3 heteroatoms. The van der Waals surface area contributed by atoms with E-state index in [0.717, 1.165) is 25.9 Å². The molecule has 0 N–H and O–H groups in total. The highest BCUT2D eigenvalue weighted by atomic mass is 16.2. The van der Waals surface area contributed by atoms with Crippen LogP contribution in [0.3, 0.4) is 0 Å². The third-order valence-corrected chi connectivity index (χ3v) is 3.11. The molecule has 0 aliphatic carbocycles. The van der Waals surface area contributed by atoms with Crippen LogP contribution in [0.2, 0.25) is 0 Å². The molecule has 0 atom stereocenters. The Morgan fingerprint density at radius 1 is 1.43 bits per heavy atom. The highest BCUT2D eigenvalue weighted by Crippen LogP contribution is 2.15. The highest BCUT2D eigenvalue weighted by Gasteiger charge is 2.22. The van der Waals surface area contributed by atoms with Crippen LogP contribution in [0.5, 0.6) is 0 Å². The molecule has 1 amide bonds. The van der Waals surface area contributed by atoms with Crippen molar-refractivity contribution in [2.24, 2.45) is 0 Å². The molecule has 3 nitrogen and oxygen atoms in total. The van der Waals surface area contributed by atoms with Crippen LogP contribution < -0.4 is 0 Å². The Labute approximate surface area is 87.1 Å². The lowest BCUT2D eigenvalue weighted by atomic mass is 10.0. The van der Waals surface area contributed by atoms with Crippen LogP contribution in [0.4, 0.5) is 0 Å². The SMILES string of the molecule is CCCN(C)C1CCN(C(C)=O)CC1. The van der Waals surface area contributed by atoms with Crippen molar-refractivity contribution in [1.82, 2.24) is 9.80 Å². The normalized spacial score (nSPS) is 19.0. The number of rotatable bonds is 3. The minimum absolute atomic E-state index is 0.224. The van der Waals surface area contributed by atoms with Gasteiger partial charge in [-0.1, -0.05) is 6.92 Å². The first-order chi connectivity index (χ1) is 6.65. The van der Waals surface area contributed by atoms with Gasteiger partial charge in [0.15, 0.2) is 0 Å². The van der Waals surface area contributed by atoms with E-state index in [2.05, 4.69) is 18.9 Å². The van der Waals surface area contributed by atoms with Gasteiger partial charge in [0.1, 0.15) is 0 Å². The number of hydrogen-bond acceptors (Lipinski definition) is 2. The van der Waals surface area contributed by atoms with Crippen LogP contribution in [0, 0.1) is 0 Å². The fraction of sp³-hybridized carbons (Fsp3) is 0.909. The number of carbonyl (C=O) groups excluding carboxylic acids is 1. The van der Waals surface area contributed by atoms with Crippen LogP contribution >= 0.6 is 0 Å². The van der Waals surface area contributed by atoms with Crippen LogP contribution in [0.25, 0.3) is 0 Å². The Balaban J connectivity index is 2.31. The molecule has 1 saturated heterocycles. The highest BCUT2D eigenvalue weighted by molar-refractivity contribution is 5.73. The number of amides is 1. The van der Waals surface area contributed by atoms with Gasteiger partial charge in [0.05, 0.1) is 0 Å². The van der Waals surface area contributed by atoms with E-state index in [9.17, 15) is 4.79 Å². The maximum atomic E-state index is 11.1. The summed E-state index contributed by atoms with van der Waals surface area (Å²) in [6.45, 7) is 6.92. The van der Waals surface area contributed by atoms with Gasteiger partial charge in [-0.25, -0.2) is 0 Å². The standard InChI is InChI=1S/C11H22N2O/c1-4-7-12(3)11-5-8-13(9-6-11)10(2)14/h11H,4-9H2,1-3H3. The summed E-state index contributed by atoms with van der Waals surface area (Å²) in [6.07, 6.45) is 3.48. The van der Waals surface area contributed by atoms with E-state index in [1.165, 1.54) is 13.0 Å². The van der Waals surface area contributed by atoms with Gasteiger partial charge in [-0.2, -0.15) is 0 Å². The van der Waals surface area contributed by atoms with Gasteiger partial charge in [0, 0.05) is 26.1 Å². The van der Waals surface area contributed by atoms with Gasteiger partial charge in [0.25, 0.3) is 0 Å². The minimum Gasteiger partial charge on any atom is -0.343 e. The molecule has 0 bridgehead atoms. The lowest BCUT2D eigenvalue weighted by Gasteiger charge is -2.36. The Hall–Kier alpha value is -0.570. The van der Waals surface area contributed by atoms with E-state index in [-0.39, 0.29) is 5.91 Å². The molecule has 1 aliphatic heterocycles. The van der Waals surface area contributed by atoms with Crippen LogP contribution in [0.15, 0.2) is 0 Å². The molecule has 1 rings (SSSR count). The summed E-state index contributed by atoms with van der Waals surface area (Å²) in [5.74, 6) is 0.224. The smallest absolute Gasteiger partial charge is 0.219 e. The van der Waals surface area contributed by atoms with Crippen molar-refractivity contribution >= 4 is 5.91 Å². The Morgan fingerprint density at radius 3 is 2.43 bits per heavy atom. The van der Waals surface area contributed by atoms with Crippen LogP contribution in [-0.2, 0) is 4.79 Å². The van der Waals surface area contributed by atoms with Crippen molar-refractivity contribution in [1.29, 1.82) is 0 Å². The van der Waals surface area contributed by atoms with E-state index in [1.807, 2.05) is 4.90 Å². The molecular weight excluding hydrogens is 176 g/mol. The molecule has 1 aliphatic rings. The van der Waals surface area contributed by atoms with E-state index in [4.69, 9.17) is 0 Å². The molecular formula is C11H22N2O. The van der Waals surface area contributed by atoms with E-state index < -0.39 is 0 Å². The van der Waals surface area contributed by atoms with Crippen molar-refractivity contribution in [3.05, 3.63) is 0 Å². The van der Waals surface area contributed by atoms with Crippen molar-refractivity contribution in [2.75, 3.05) is 26.7 Å². The molecule has 0 spiro atoms. The summed E-state index contributed by atoms with van der Waals surface area (Å²) >= 11 is 0. The van der Waals surface area contributed by atoms with Gasteiger partial charge in [-0.05, 0) is 32.9 Å². The number of carbonyl (C=O) groups is 1. The molecule has 1 heterocycles. The van der Waals surface area contributed by atoms with Crippen molar-refractivity contribution in [2.45, 2.75) is 39.2 Å². The maximum Gasteiger partial charge on any atom is 0.219 e. The van der Waals surface area contributed by atoms with Crippen molar-refractivity contribution < 1.29 is 4.79 Å². The van der Waals surface area contributed by atoms with E-state index in [0.29, 0.717) is 6.04 Å². The molecule has 0 aromatic carbocycles. The Bertz CT molecular complexity index is 186. The first-order valence-electron chi connectivity index (χ1n) is 5.61. The third kappa shape index (κ3) is 2.98. The number of nitrogens with zero attached hydrogens (tertiary/aromatic N) is 2.